The van der Waals surface area contributed by atoms with Crippen molar-refractivity contribution in [3.8, 4) is 11.5 Å². The maximum absolute atomic E-state index is 13.2. The topological polar surface area (TPSA) is 76.6 Å². The minimum atomic E-state index is -0.139. The number of anilines is 3. The molecule has 0 spiro atoms. The van der Waals surface area contributed by atoms with E-state index < -0.39 is 0 Å². The molecule has 3 aromatic rings. The van der Waals surface area contributed by atoms with E-state index in [0.717, 1.165) is 17.8 Å². The number of para-hydroxylation sites is 1. The number of hydrogen-bond acceptors (Lipinski definition) is 6. The average Bonchev–Trinajstić information content (AvgIpc) is 3.09. The molecule has 1 amide bonds. The summed E-state index contributed by atoms with van der Waals surface area (Å²) in [7, 11) is 3.17. The SMILES string of the molecule is COc1ccc(Nc2cc(C(=O)N3c4ccccc4CC3C)ncn2)cc1OC. The van der Waals surface area contributed by atoms with E-state index in [4.69, 9.17) is 9.47 Å². The lowest BCUT2D eigenvalue weighted by Crippen LogP contribution is -2.36. The van der Waals surface area contributed by atoms with Crippen LogP contribution in [-0.4, -0.2) is 36.1 Å². The second-order valence-electron chi connectivity index (χ2n) is 6.84. The first-order valence-electron chi connectivity index (χ1n) is 9.33. The Morgan fingerprint density at radius 1 is 1.07 bits per heavy atom. The number of ether oxygens (including phenoxy) is 2. The van der Waals surface area contributed by atoms with Crippen LogP contribution in [0.15, 0.2) is 54.9 Å². The Hall–Kier alpha value is -3.61. The van der Waals surface area contributed by atoms with E-state index in [1.807, 2.05) is 31.2 Å². The Morgan fingerprint density at radius 3 is 2.66 bits per heavy atom. The number of hydrogen-bond donors (Lipinski definition) is 1. The van der Waals surface area contributed by atoms with E-state index >= 15 is 0 Å². The Balaban J connectivity index is 1.59. The third-order valence-electron chi connectivity index (χ3n) is 4.97. The number of nitrogens with one attached hydrogen (secondary N) is 1. The van der Waals surface area contributed by atoms with Gasteiger partial charge in [0.05, 0.1) is 14.2 Å². The fourth-order valence-corrected chi connectivity index (χ4v) is 3.60. The second kappa shape index (κ2) is 7.79. The first-order chi connectivity index (χ1) is 14.1. The largest absolute Gasteiger partial charge is 0.493 e. The van der Waals surface area contributed by atoms with E-state index in [-0.39, 0.29) is 11.9 Å². The van der Waals surface area contributed by atoms with E-state index in [1.54, 1.807) is 37.3 Å². The number of rotatable bonds is 5. The lowest BCUT2D eigenvalue weighted by atomic mass is 10.1. The van der Waals surface area contributed by atoms with E-state index in [2.05, 4.69) is 21.4 Å². The molecule has 1 aliphatic rings. The molecule has 4 rings (SSSR count). The molecule has 1 aromatic heterocycles. The Bertz CT molecular complexity index is 1050. The minimum absolute atomic E-state index is 0.0807. The van der Waals surface area contributed by atoms with Crippen LogP contribution in [0.4, 0.5) is 17.2 Å². The molecule has 0 saturated carbocycles. The Morgan fingerprint density at radius 2 is 1.86 bits per heavy atom. The van der Waals surface area contributed by atoms with Crippen LogP contribution >= 0.6 is 0 Å². The van der Waals surface area contributed by atoms with E-state index in [9.17, 15) is 4.79 Å². The number of nitrogens with zero attached hydrogens (tertiary/aromatic N) is 3. The van der Waals surface area contributed by atoms with Crippen molar-refractivity contribution in [1.82, 2.24) is 9.97 Å². The lowest BCUT2D eigenvalue weighted by molar-refractivity contribution is 0.0976. The zero-order chi connectivity index (χ0) is 20.4. The molecule has 7 nitrogen and oxygen atoms in total. The molecule has 2 heterocycles. The van der Waals surface area contributed by atoms with Crippen molar-refractivity contribution < 1.29 is 14.3 Å². The predicted molar refractivity (Wildman–Crippen MR) is 111 cm³/mol. The molecule has 148 valence electrons. The van der Waals surface area contributed by atoms with Crippen LogP contribution in [-0.2, 0) is 6.42 Å². The van der Waals surface area contributed by atoms with Gasteiger partial charge in [0.25, 0.3) is 5.91 Å². The summed E-state index contributed by atoms with van der Waals surface area (Å²) >= 11 is 0. The van der Waals surface area contributed by atoms with Crippen LogP contribution in [0.5, 0.6) is 11.5 Å². The number of fused-ring (bicyclic) bond motifs is 1. The number of aromatic nitrogens is 2. The maximum atomic E-state index is 13.2. The third kappa shape index (κ3) is 3.59. The van der Waals surface area contributed by atoms with Gasteiger partial charge in [0.2, 0.25) is 0 Å². The van der Waals surface area contributed by atoms with Crippen LogP contribution < -0.4 is 19.7 Å². The highest BCUT2D eigenvalue weighted by molar-refractivity contribution is 6.06. The molecule has 0 aliphatic carbocycles. The standard InChI is InChI=1S/C22H22N4O3/c1-14-10-15-6-4-5-7-18(15)26(14)22(27)17-12-21(24-13-23-17)25-16-8-9-19(28-2)20(11-16)29-3/h4-9,11-14H,10H2,1-3H3,(H,23,24,25). The van der Waals surface area contributed by atoms with Gasteiger partial charge in [0.1, 0.15) is 17.8 Å². The number of benzene rings is 2. The zero-order valence-electron chi connectivity index (χ0n) is 16.5. The highest BCUT2D eigenvalue weighted by atomic mass is 16.5. The number of carbonyl (C=O) groups excluding carboxylic acids is 1. The molecule has 7 heteroatoms. The second-order valence-corrected chi connectivity index (χ2v) is 6.84. The molecular formula is C22H22N4O3. The minimum Gasteiger partial charge on any atom is -0.493 e. The van der Waals surface area contributed by atoms with Gasteiger partial charge in [-0.15, -0.1) is 0 Å². The molecule has 1 unspecified atom stereocenters. The smallest absolute Gasteiger partial charge is 0.277 e. The van der Waals surface area contributed by atoms with Crippen molar-refractivity contribution in [2.24, 2.45) is 0 Å². The summed E-state index contributed by atoms with van der Waals surface area (Å²) in [5.41, 5.74) is 3.22. The molecule has 0 radical (unpaired) electrons. The fraction of sp³-hybridized carbons (Fsp3) is 0.227. The van der Waals surface area contributed by atoms with Crippen molar-refractivity contribution in [3.05, 3.63) is 66.1 Å². The molecule has 29 heavy (non-hydrogen) atoms. The summed E-state index contributed by atoms with van der Waals surface area (Å²) in [6.45, 7) is 2.04. The van der Waals surface area contributed by atoms with Crippen LogP contribution in [0.3, 0.4) is 0 Å². The van der Waals surface area contributed by atoms with Crippen molar-refractivity contribution in [2.75, 3.05) is 24.4 Å². The van der Waals surface area contributed by atoms with Crippen LogP contribution in [0.25, 0.3) is 0 Å². The van der Waals surface area contributed by atoms with Crippen molar-refractivity contribution in [1.29, 1.82) is 0 Å². The molecular weight excluding hydrogens is 368 g/mol. The monoisotopic (exact) mass is 390 g/mol. The van der Waals surface area contributed by atoms with Gasteiger partial charge < -0.3 is 19.7 Å². The Kier molecular flexibility index (Phi) is 5.03. The molecule has 0 saturated heterocycles. The first-order valence-corrected chi connectivity index (χ1v) is 9.33. The molecule has 1 N–H and O–H groups in total. The number of methoxy groups -OCH3 is 2. The molecule has 1 aliphatic heterocycles. The molecule has 0 bridgehead atoms. The molecule has 2 aromatic carbocycles. The molecule has 1 atom stereocenters. The van der Waals surface area contributed by atoms with Crippen molar-refractivity contribution in [3.63, 3.8) is 0 Å². The zero-order valence-corrected chi connectivity index (χ0v) is 16.5. The van der Waals surface area contributed by atoms with Gasteiger partial charge in [-0.1, -0.05) is 18.2 Å². The summed E-state index contributed by atoms with van der Waals surface area (Å²) < 4.78 is 10.6. The quantitative estimate of drug-likeness (QED) is 0.714. The number of carbonyl (C=O) groups is 1. The average molecular weight is 390 g/mol. The molecule has 0 fully saturated rings. The van der Waals surface area contributed by atoms with Crippen LogP contribution in [0.1, 0.15) is 23.0 Å². The summed E-state index contributed by atoms with van der Waals surface area (Å²) in [6.07, 6.45) is 2.23. The fourth-order valence-electron chi connectivity index (χ4n) is 3.60. The van der Waals surface area contributed by atoms with E-state index in [1.165, 1.54) is 11.9 Å². The predicted octanol–water partition coefficient (Wildman–Crippen LogP) is 3.83. The highest BCUT2D eigenvalue weighted by Gasteiger charge is 2.32. The van der Waals surface area contributed by atoms with Gasteiger partial charge >= 0.3 is 0 Å². The summed E-state index contributed by atoms with van der Waals surface area (Å²) in [5, 5.41) is 3.19. The van der Waals surface area contributed by atoms with Gasteiger partial charge in [-0.05, 0) is 37.1 Å². The van der Waals surface area contributed by atoms with Gasteiger partial charge in [-0.3, -0.25) is 4.79 Å². The maximum Gasteiger partial charge on any atom is 0.277 e. The van der Waals surface area contributed by atoms with Crippen LogP contribution in [0, 0.1) is 0 Å². The number of amides is 1. The van der Waals surface area contributed by atoms with Crippen molar-refractivity contribution in [2.45, 2.75) is 19.4 Å². The lowest BCUT2D eigenvalue weighted by Gasteiger charge is -2.22. The van der Waals surface area contributed by atoms with Gasteiger partial charge in [-0.25, -0.2) is 9.97 Å². The summed E-state index contributed by atoms with van der Waals surface area (Å²) in [4.78, 5) is 23.4. The normalized spacial score (nSPS) is 15.0. The third-order valence-corrected chi connectivity index (χ3v) is 4.97. The van der Waals surface area contributed by atoms with Crippen molar-refractivity contribution >= 4 is 23.1 Å². The summed E-state index contributed by atoms with van der Waals surface area (Å²) in [5.74, 6) is 1.62. The van der Waals surface area contributed by atoms with Gasteiger partial charge in [-0.2, -0.15) is 0 Å². The summed E-state index contributed by atoms with van der Waals surface area (Å²) in [6, 6.07) is 15.2. The highest BCUT2D eigenvalue weighted by Crippen LogP contribution is 2.33. The van der Waals surface area contributed by atoms with Crippen LogP contribution in [0.2, 0.25) is 0 Å². The van der Waals surface area contributed by atoms with E-state index in [0.29, 0.717) is 23.0 Å². The van der Waals surface area contributed by atoms with Gasteiger partial charge in [0.15, 0.2) is 11.5 Å². The Labute approximate surface area is 169 Å². The first kappa shape index (κ1) is 18.7. The van der Waals surface area contributed by atoms with Gasteiger partial charge in [0, 0.05) is 29.5 Å².